The molecule has 0 unspecified atom stereocenters. The lowest BCUT2D eigenvalue weighted by molar-refractivity contribution is -0.123. The van der Waals surface area contributed by atoms with Crippen LogP contribution >= 0.6 is 11.8 Å². The lowest BCUT2D eigenvalue weighted by Gasteiger charge is -2.59. The van der Waals surface area contributed by atoms with Gasteiger partial charge in [0, 0.05) is 22.9 Å². The van der Waals surface area contributed by atoms with E-state index in [1.807, 2.05) is 12.1 Å². The summed E-state index contributed by atoms with van der Waals surface area (Å²) in [5, 5.41) is 3.34. The summed E-state index contributed by atoms with van der Waals surface area (Å²) in [4.78, 5) is 24.3. The van der Waals surface area contributed by atoms with Crippen LogP contribution in [0.15, 0.2) is 18.2 Å². The van der Waals surface area contributed by atoms with Gasteiger partial charge in [0.2, 0.25) is 5.91 Å². The number of rotatable bonds is 8. The number of Topliss-reactive ketones (excluding diaryl/α,β-unsaturated/α-hetero) is 1. The monoisotopic (exact) mass is 415 g/mol. The summed E-state index contributed by atoms with van der Waals surface area (Å²) in [6.45, 7) is 3.80. The lowest BCUT2D eigenvalue weighted by Crippen LogP contribution is -2.56. The molecule has 1 N–H and O–H groups in total. The number of amides is 1. The van der Waals surface area contributed by atoms with Crippen LogP contribution in [0.1, 0.15) is 68.3 Å². The largest absolute Gasteiger partial charge is 0.496 e. The zero-order valence-electron chi connectivity index (χ0n) is 17.8. The fourth-order valence-electron chi connectivity index (χ4n) is 6.51. The van der Waals surface area contributed by atoms with Gasteiger partial charge in [-0.05, 0) is 93.7 Å². The molecule has 0 spiro atoms. The normalized spacial score (nSPS) is 30.8. The molecule has 1 atom stereocenters. The van der Waals surface area contributed by atoms with Gasteiger partial charge in [-0.1, -0.05) is 0 Å². The predicted molar refractivity (Wildman–Crippen MR) is 117 cm³/mol. The molecule has 1 aromatic carbocycles. The van der Waals surface area contributed by atoms with Crippen LogP contribution in [0.3, 0.4) is 0 Å². The van der Waals surface area contributed by atoms with E-state index in [2.05, 4.69) is 12.2 Å². The van der Waals surface area contributed by atoms with Crippen molar-refractivity contribution in [2.45, 2.75) is 64.2 Å². The summed E-state index contributed by atoms with van der Waals surface area (Å²) in [5.41, 5.74) is 1.99. The van der Waals surface area contributed by atoms with Crippen molar-refractivity contribution in [1.82, 2.24) is 5.32 Å². The van der Waals surface area contributed by atoms with Gasteiger partial charge in [0.1, 0.15) is 5.75 Å². The smallest absolute Gasteiger partial charge is 0.230 e. The summed E-state index contributed by atoms with van der Waals surface area (Å²) in [5.74, 6) is 4.72. The minimum atomic E-state index is 0.0426. The van der Waals surface area contributed by atoms with Gasteiger partial charge in [-0.3, -0.25) is 9.59 Å². The predicted octanol–water partition coefficient (Wildman–Crippen LogP) is 4.85. The number of nitrogens with one attached hydrogen (secondary N) is 1. The summed E-state index contributed by atoms with van der Waals surface area (Å²) >= 11 is 1.58. The Balaban J connectivity index is 1.31. The fourth-order valence-corrected chi connectivity index (χ4v) is 7.32. The maximum Gasteiger partial charge on any atom is 0.230 e. The molecule has 4 saturated carbocycles. The van der Waals surface area contributed by atoms with Crippen molar-refractivity contribution in [3.05, 3.63) is 29.3 Å². The van der Waals surface area contributed by atoms with E-state index in [9.17, 15) is 9.59 Å². The first-order chi connectivity index (χ1) is 13.9. The van der Waals surface area contributed by atoms with Gasteiger partial charge >= 0.3 is 0 Å². The van der Waals surface area contributed by atoms with E-state index >= 15 is 0 Å². The summed E-state index contributed by atoms with van der Waals surface area (Å²) in [7, 11) is 1.64. The van der Waals surface area contributed by atoms with Crippen molar-refractivity contribution in [2.75, 3.05) is 12.9 Å². The van der Waals surface area contributed by atoms with Crippen LogP contribution in [0.5, 0.6) is 5.75 Å². The molecule has 29 heavy (non-hydrogen) atoms. The number of ether oxygens (including phenoxy) is 1. The molecule has 4 bridgehead atoms. The number of thioether (sulfide) groups is 1. The highest BCUT2D eigenvalue weighted by Crippen LogP contribution is 2.61. The molecular formula is C24H33NO3S. The molecule has 0 aromatic heterocycles. The van der Waals surface area contributed by atoms with Crippen LogP contribution in [0.25, 0.3) is 0 Å². The number of carbonyl (C=O) groups is 2. The lowest BCUT2D eigenvalue weighted by atomic mass is 9.48. The number of ketones is 1. The van der Waals surface area contributed by atoms with Gasteiger partial charge in [-0.15, -0.1) is 11.8 Å². The maximum atomic E-state index is 12.6. The molecule has 0 heterocycles. The third kappa shape index (κ3) is 4.35. The van der Waals surface area contributed by atoms with Crippen LogP contribution in [0.4, 0.5) is 0 Å². The van der Waals surface area contributed by atoms with Gasteiger partial charge in [0.25, 0.3) is 0 Å². The molecule has 0 saturated heterocycles. The molecule has 1 amide bonds. The average Bonchev–Trinajstić information content (AvgIpc) is 2.66. The van der Waals surface area contributed by atoms with Crippen LogP contribution < -0.4 is 10.1 Å². The van der Waals surface area contributed by atoms with Crippen LogP contribution in [-0.2, 0) is 10.5 Å². The summed E-state index contributed by atoms with van der Waals surface area (Å²) in [6, 6.07) is 5.76. The summed E-state index contributed by atoms with van der Waals surface area (Å²) < 4.78 is 5.41. The topological polar surface area (TPSA) is 55.4 Å². The van der Waals surface area contributed by atoms with Crippen LogP contribution in [-0.4, -0.2) is 30.6 Å². The highest BCUT2D eigenvalue weighted by molar-refractivity contribution is 7.99. The van der Waals surface area contributed by atoms with E-state index in [1.165, 1.54) is 38.5 Å². The average molecular weight is 416 g/mol. The summed E-state index contributed by atoms with van der Waals surface area (Å²) in [6.07, 6.45) is 8.21. The Morgan fingerprint density at radius 1 is 1.17 bits per heavy atom. The van der Waals surface area contributed by atoms with Crippen molar-refractivity contribution < 1.29 is 14.3 Å². The number of hydrogen-bond acceptors (Lipinski definition) is 4. The standard InChI is InChI=1S/C24H33NO3S/c1-15(26)20-4-5-22(28-3)21(9-20)13-29-14-23(27)25-16(2)24-10-17-6-18(11-24)8-19(7-17)12-24/h4-5,9,16-19H,6-8,10-14H2,1-3H3,(H,25,27)/t16-,17?,18?,19?,24?/m1/s1. The van der Waals surface area contributed by atoms with Gasteiger partial charge < -0.3 is 10.1 Å². The second kappa shape index (κ2) is 8.33. The van der Waals surface area contributed by atoms with Crippen molar-refractivity contribution in [3.63, 3.8) is 0 Å². The van der Waals surface area contributed by atoms with E-state index in [-0.39, 0.29) is 17.7 Å². The maximum absolute atomic E-state index is 12.6. The Kier molecular flexibility index (Phi) is 5.97. The molecule has 1 aromatic rings. The number of carbonyl (C=O) groups excluding carboxylic acids is 2. The fraction of sp³-hybridized carbons (Fsp3) is 0.667. The SMILES string of the molecule is COc1ccc(C(C)=O)cc1CSCC(=O)N[C@H](C)C12CC3CC(CC(C3)C1)C2. The zero-order chi connectivity index (χ0) is 20.6. The highest BCUT2D eigenvalue weighted by Gasteiger charge is 2.53. The van der Waals surface area contributed by atoms with Gasteiger partial charge in [0.15, 0.2) is 5.78 Å². The minimum absolute atomic E-state index is 0.0426. The number of hydrogen-bond donors (Lipinski definition) is 1. The Bertz CT molecular complexity index is 755. The molecule has 0 radical (unpaired) electrons. The first kappa shape index (κ1) is 20.8. The zero-order valence-corrected chi connectivity index (χ0v) is 18.6. The van der Waals surface area contributed by atoms with E-state index in [1.54, 1.807) is 31.9 Å². The molecule has 4 aliphatic rings. The number of methoxy groups -OCH3 is 1. The molecule has 4 fully saturated rings. The van der Waals surface area contributed by atoms with Gasteiger partial charge in [0.05, 0.1) is 12.9 Å². The van der Waals surface area contributed by atoms with Crippen molar-refractivity contribution in [2.24, 2.45) is 23.2 Å². The van der Waals surface area contributed by atoms with Gasteiger partial charge in [-0.25, -0.2) is 0 Å². The first-order valence-corrected chi connectivity index (χ1v) is 12.1. The Morgan fingerprint density at radius 2 is 1.79 bits per heavy atom. The third-order valence-corrected chi connectivity index (χ3v) is 8.54. The highest BCUT2D eigenvalue weighted by atomic mass is 32.2. The molecular weight excluding hydrogens is 382 g/mol. The van der Waals surface area contributed by atoms with E-state index in [0.29, 0.717) is 22.5 Å². The van der Waals surface area contributed by atoms with Gasteiger partial charge in [-0.2, -0.15) is 0 Å². The molecule has 5 rings (SSSR count). The minimum Gasteiger partial charge on any atom is -0.496 e. The Morgan fingerprint density at radius 3 is 2.34 bits per heavy atom. The van der Waals surface area contributed by atoms with Crippen molar-refractivity contribution in [3.8, 4) is 5.75 Å². The van der Waals surface area contributed by atoms with Crippen LogP contribution in [0.2, 0.25) is 0 Å². The quantitative estimate of drug-likeness (QED) is 0.617. The molecule has 158 valence electrons. The number of benzene rings is 1. The molecule has 0 aliphatic heterocycles. The Hall–Kier alpha value is -1.49. The van der Waals surface area contributed by atoms with E-state index < -0.39 is 0 Å². The molecule has 4 aliphatic carbocycles. The molecule has 5 heteroatoms. The second-order valence-corrected chi connectivity index (χ2v) is 10.6. The van der Waals surface area contributed by atoms with Crippen LogP contribution in [0, 0.1) is 23.2 Å². The first-order valence-electron chi connectivity index (χ1n) is 10.9. The van der Waals surface area contributed by atoms with Crippen molar-refractivity contribution in [1.29, 1.82) is 0 Å². The second-order valence-electron chi connectivity index (χ2n) is 9.64. The van der Waals surface area contributed by atoms with E-state index in [4.69, 9.17) is 4.74 Å². The van der Waals surface area contributed by atoms with E-state index in [0.717, 1.165) is 29.1 Å². The third-order valence-electron chi connectivity index (χ3n) is 7.56. The van der Waals surface area contributed by atoms with Crippen molar-refractivity contribution >= 4 is 23.5 Å². The Labute approximate surface area is 178 Å². The molecule has 4 nitrogen and oxygen atoms in total.